The molecule has 0 aromatic heterocycles. The van der Waals surface area contributed by atoms with Crippen molar-refractivity contribution in [3.63, 3.8) is 0 Å². The van der Waals surface area contributed by atoms with E-state index in [1.54, 1.807) is 21.3 Å². The smallest absolute Gasteiger partial charge is 0.230 e. The molecule has 0 saturated carbocycles. The van der Waals surface area contributed by atoms with Gasteiger partial charge in [-0.3, -0.25) is 4.79 Å². The summed E-state index contributed by atoms with van der Waals surface area (Å²) in [6, 6.07) is 12.2. The van der Waals surface area contributed by atoms with Crippen molar-refractivity contribution < 1.29 is 19.0 Å². The van der Waals surface area contributed by atoms with Crippen LogP contribution in [0.5, 0.6) is 17.2 Å². The molecule has 5 heteroatoms. The molecule has 186 valence electrons. The second kappa shape index (κ2) is 13.3. The summed E-state index contributed by atoms with van der Waals surface area (Å²) in [5.41, 5.74) is 3.36. The van der Waals surface area contributed by atoms with Crippen molar-refractivity contribution in [1.29, 1.82) is 0 Å². The second-order valence-electron chi connectivity index (χ2n) is 9.20. The van der Waals surface area contributed by atoms with Gasteiger partial charge in [-0.25, -0.2) is 0 Å². The third kappa shape index (κ3) is 6.46. The van der Waals surface area contributed by atoms with Crippen LogP contribution >= 0.6 is 0 Å². The average Bonchev–Trinajstić information content (AvgIpc) is 2.89. The maximum atomic E-state index is 14.0. The number of nitrogens with zero attached hydrogens (tertiary/aromatic N) is 1. The van der Waals surface area contributed by atoms with E-state index in [-0.39, 0.29) is 11.8 Å². The average molecular weight is 468 g/mol. The van der Waals surface area contributed by atoms with Crippen molar-refractivity contribution in [3.8, 4) is 17.2 Å². The number of hydrogen-bond acceptors (Lipinski definition) is 4. The van der Waals surface area contributed by atoms with Crippen molar-refractivity contribution >= 4 is 11.6 Å². The Morgan fingerprint density at radius 3 is 2.12 bits per heavy atom. The molecule has 1 aliphatic rings. The number of anilines is 1. The van der Waals surface area contributed by atoms with Gasteiger partial charge < -0.3 is 19.1 Å². The van der Waals surface area contributed by atoms with Crippen molar-refractivity contribution in [1.82, 2.24) is 0 Å². The molecule has 0 aliphatic heterocycles. The number of unbranched alkanes of at least 4 members (excludes halogenated alkanes) is 6. The van der Waals surface area contributed by atoms with Crippen LogP contribution in [0.3, 0.4) is 0 Å². The highest BCUT2D eigenvalue weighted by atomic mass is 16.5. The lowest BCUT2D eigenvalue weighted by molar-refractivity contribution is -0.122. The van der Waals surface area contributed by atoms with Gasteiger partial charge in [0.25, 0.3) is 0 Å². The monoisotopic (exact) mass is 467 g/mol. The number of fused-ring (bicyclic) bond motifs is 1. The lowest BCUT2D eigenvalue weighted by atomic mass is 9.83. The van der Waals surface area contributed by atoms with Gasteiger partial charge in [0.15, 0.2) is 0 Å². The van der Waals surface area contributed by atoms with Crippen LogP contribution in [0.25, 0.3) is 0 Å². The van der Waals surface area contributed by atoms with Gasteiger partial charge in [0.1, 0.15) is 22.9 Å². The molecule has 2 aromatic carbocycles. The Bertz CT molecular complexity index is 901. The zero-order valence-electron chi connectivity index (χ0n) is 21.4. The minimum absolute atomic E-state index is 0.0454. The third-order valence-corrected chi connectivity index (χ3v) is 6.91. The molecule has 3 rings (SSSR count). The molecule has 0 fully saturated rings. The van der Waals surface area contributed by atoms with Crippen LogP contribution in [-0.2, 0) is 17.6 Å². The van der Waals surface area contributed by atoms with E-state index >= 15 is 0 Å². The number of methoxy groups -OCH3 is 3. The first-order valence-corrected chi connectivity index (χ1v) is 12.8. The Hall–Kier alpha value is -2.69. The minimum Gasteiger partial charge on any atom is -0.496 e. The normalized spacial score (nSPS) is 14.9. The van der Waals surface area contributed by atoms with E-state index in [2.05, 4.69) is 31.2 Å². The Kier molecular flexibility index (Phi) is 10.1. The lowest BCUT2D eigenvalue weighted by Gasteiger charge is -2.32. The molecule has 1 amide bonds. The van der Waals surface area contributed by atoms with Gasteiger partial charge in [0.2, 0.25) is 5.91 Å². The van der Waals surface area contributed by atoms with E-state index in [1.165, 1.54) is 43.2 Å². The van der Waals surface area contributed by atoms with E-state index in [0.717, 1.165) is 32.1 Å². The van der Waals surface area contributed by atoms with E-state index in [0.29, 0.717) is 29.5 Å². The topological polar surface area (TPSA) is 48.0 Å². The van der Waals surface area contributed by atoms with Gasteiger partial charge in [-0.2, -0.15) is 0 Å². The highest BCUT2D eigenvalue weighted by Gasteiger charge is 2.32. The quantitative estimate of drug-likeness (QED) is 0.311. The number of ether oxygens (including phenoxy) is 3. The number of amides is 1. The van der Waals surface area contributed by atoms with Crippen molar-refractivity contribution in [3.05, 3.63) is 47.5 Å². The predicted octanol–water partition coefficient (Wildman–Crippen LogP) is 6.60. The summed E-state index contributed by atoms with van der Waals surface area (Å²) in [4.78, 5) is 15.9. The molecule has 0 saturated heterocycles. The van der Waals surface area contributed by atoms with Gasteiger partial charge in [-0.05, 0) is 36.8 Å². The maximum absolute atomic E-state index is 14.0. The van der Waals surface area contributed by atoms with Gasteiger partial charge in [0.05, 0.1) is 21.3 Å². The SMILES string of the molecule is CCCCCCCCCN(C(=O)C1CCc2ccccc2C1)c1c(OC)cc(OC)cc1OC. The van der Waals surface area contributed by atoms with Gasteiger partial charge in [-0.15, -0.1) is 0 Å². The fourth-order valence-electron chi connectivity index (χ4n) is 4.94. The molecule has 34 heavy (non-hydrogen) atoms. The van der Waals surface area contributed by atoms with Crippen molar-refractivity contribution in [2.24, 2.45) is 5.92 Å². The summed E-state index contributed by atoms with van der Waals surface area (Å²) in [6.45, 7) is 2.90. The predicted molar refractivity (Wildman–Crippen MR) is 138 cm³/mol. The summed E-state index contributed by atoms with van der Waals surface area (Å²) in [5, 5.41) is 0. The molecular weight excluding hydrogens is 426 g/mol. The molecule has 0 N–H and O–H groups in total. The van der Waals surface area contributed by atoms with Crippen molar-refractivity contribution in [2.75, 3.05) is 32.8 Å². The molecule has 0 heterocycles. The van der Waals surface area contributed by atoms with Gasteiger partial charge in [-0.1, -0.05) is 69.7 Å². The molecule has 0 spiro atoms. The first kappa shape index (κ1) is 25.9. The number of carbonyl (C=O) groups excluding carboxylic acids is 1. The first-order valence-electron chi connectivity index (χ1n) is 12.8. The molecule has 1 atom stereocenters. The van der Waals surface area contributed by atoms with Gasteiger partial charge in [0, 0.05) is 24.6 Å². The first-order chi connectivity index (χ1) is 16.6. The summed E-state index contributed by atoms with van der Waals surface area (Å²) in [7, 11) is 4.88. The molecule has 0 bridgehead atoms. The molecule has 1 unspecified atom stereocenters. The Morgan fingerprint density at radius 1 is 0.882 bits per heavy atom. The fraction of sp³-hybridized carbons (Fsp3) is 0.552. The largest absolute Gasteiger partial charge is 0.496 e. The van der Waals surface area contributed by atoms with E-state index in [1.807, 2.05) is 17.0 Å². The number of hydrogen-bond donors (Lipinski definition) is 0. The van der Waals surface area contributed by atoms with E-state index in [9.17, 15) is 4.79 Å². The lowest BCUT2D eigenvalue weighted by Crippen LogP contribution is -2.39. The number of aryl methyl sites for hydroxylation is 1. The van der Waals surface area contributed by atoms with E-state index in [4.69, 9.17) is 14.2 Å². The number of benzene rings is 2. The molecular formula is C29H41NO4. The van der Waals surface area contributed by atoms with Crippen LogP contribution in [-0.4, -0.2) is 33.8 Å². The highest BCUT2D eigenvalue weighted by Crippen LogP contribution is 2.43. The van der Waals surface area contributed by atoms with Crippen LogP contribution in [0.15, 0.2) is 36.4 Å². The molecule has 2 aromatic rings. The second-order valence-corrected chi connectivity index (χ2v) is 9.20. The maximum Gasteiger partial charge on any atom is 0.230 e. The Labute approximate surface area is 205 Å². The van der Waals surface area contributed by atoms with Crippen LogP contribution < -0.4 is 19.1 Å². The standard InChI is InChI=1S/C29H41NO4/c1-5-6-7-8-9-10-13-18-30(28-26(33-3)20-25(32-2)21-27(28)34-4)29(31)24-17-16-22-14-11-12-15-23(22)19-24/h11-12,14-15,20-21,24H,5-10,13,16-19H2,1-4H3. The minimum atomic E-state index is -0.0454. The summed E-state index contributed by atoms with van der Waals surface area (Å²) >= 11 is 0. The van der Waals surface area contributed by atoms with Crippen LogP contribution in [0.2, 0.25) is 0 Å². The summed E-state index contributed by atoms with van der Waals surface area (Å²) in [5.74, 6) is 1.96. The van der Waals surface area contributed by atoms with Crippen molar-refractivity contribution in [2.45, 2.75) is 71.1 Å². The third-order valence-electron chi connectivity index (χ3n) is 6.91. The van der Waals surface area contributed by atoms with Gasteiger partial charge >= 0.3 is 0 Å². The van der Waals surface area contributed by atoms with Crippen LogP contribution in [0.4, 0.5) is 5.69 Å². The number of carbonyl (C=O) groups is 1. The Balaban J connectivity index is 1.84. The fourth-order valence-corrected chi connectivity index (χ4v) is 4.94. The molecule has 5 nitrogen and oxygen atoms in total. The zero-order chi connectivity index (χ0) is 24.3. The van der Waals surface area contributed by atoms with Crippen LogP contribution in [0, 0.1) is 5.92 Å². The number of rotatable bonds is 13. The molecule has 1 aliphatic carbocycles. The summed E-state index contributed by atoms with van der Waals surface area (Å²) < 4.78 is 16.9. The van der Waals surface area contributed by atoms with E-state index < -0.39 is 0 Å². The molecule has 0 radical (unpaired) electrons. The zero-order valence-corrected chi connectivity index (χ0v) is 21.4. The Morgan fingerprint density at radius 2 is 1.50 bits per heavy atom. The van der Waals surface area contributed by atoms with Crippen LogP contribution in [0.1, 0.15) is 69.4 Å². The highest BCUT2D eigenvalue weighted by molar-refractivity contribution is 5.98. The summed E-state index contributed by atoms with van der Waals surface area (Å²) in [6.07, 6.45) is 11.0.